The van der Waals surface area contributed by atoms with Crippen molar-refractivity contribution in [1.82, 2.24) is 4.72 Å². The lowest BCUT2D eigenvalue weighted by Crippen LogP contribution is -2.41. The van der Waals surface area contributed by atoms with E-state index in [1.54, 1.807) is 6.92 Å². The number of rotatable bonds is 9. The second-order valence-electron chi connectivity index (χ2n) is 5.15. The smallest absolute Gasteiger partial charge is 0.324 e. The van der Waals surface area contributed by atoms with Gasteiger partial charge in [-0.3, -0.25) is 9.59 Å². The molecule has 7 heteroatoms. The third kappa shape index (κ3) is 5.76. The Morgan fingerprint density at radius 3 is 2.26 bits per heavy atom. The summed E-state index contributed by atoms with van der Waals surface area (Å²) in [6, 6.07) is 4.68. The summed E-state index contributed by atoms with van der Waals surface area (Å²) >= 11 is 0. The van der Waals surface area contributed by atoms with Crippen LogP contribution in [0.5, 0.6) is 0 Å². The van der Waals surface area contributed by atoms with E-state index in [1.165, 1.54) is 31.2 Å². The predicted molar refractivity (Wildman–Crippen MR) is 86.7 cm³/mol. The molecule has 0 aromatic heterocycles. The van der Waals surface area contributed by atoms with E-state index in [9.17, 15) is 18.0 Å². The van der Waals surface area contributed by atoms with Gasteiger partial charge in [-0.05, 0) is 32.4 Å². The van der Waals surface area contributed by atoms with Gasteiger partial charge in [0.05, 0.1) is 11.5 Å². The van der Waals surface area contributed by atoms with Crippen LogP contribution in [-0.2, 0) is 19.6 Å². The number of benzene rings is 1. The lowest BCUT2D eigenvalue weighted by atomic mass is 10.1. The van der Waals surface area contributed by atoms with Crippen molar-refractivity contribution in [2.45, 2.75) is 51.0 Å². The van der Waals surface area contributed by atoms with Gasteiger partial charge in [0, 0.05) is 5.56 Å². The minimum Gasteiger partial charge on any atom is -0.465 e. The van der Waals surface area contributed by atoms with Gasteiger partial charge in [0.1, 0.15) is 6.04 Å². The van der Waals surface area contributed by atoms with E-state index in [1.807, 2.05) is 6.92 Å². The molecule has 0 aliphatic rings. The molecule has 1 unspecified atom stereocenters. The Morgan fingerprint density at radius 1 is 1.17 bits per heavy atom. The van der Waals surface area contributed by atoms with Gasteiger partial charge >= 0.3 is 5.97 Å². The molecular weight excluding hydrogens is 318 g/mol. The summed E-state index contributed by atoms with van der Waals surface area (Å²) in [7, 11) is -3.86. The van der Waals surface area contributed by atoms with E-state index >= 15 is 0 Å². The van der Waals surface area contributed by atoms with Crippen LogP contribution in [-0.4, -0.2) is 32.8 Å². The van der Waals surface area contributed by atoms with Crippen LogP contribution in [0.2, 0.25) is 0 Å². The van der Waals surface area contributed by atoms with Crippen molar-refractivity contribution in [3.63, 3.8) is 0 Å². The highest BCUT2D eigenvalue weighted by molar-refractivity contribution is 7.89. The minimum absolute atomic E-state index is 0.00768. The highest BCUT2D eigenvalue weighted by Crippen LogP contribution is 2.13. The number of sulfonamides is 1. The molecule has 0 bridgehead atoms. The van der Waals surface area contributed by atoms with Gasteiger partial charge in [0.2, 0.25) is 10.0 Å². The number of ether oxygens (including phenoxy) is 1. The highest BCUT2D eigenvalue weighted by atomic mass is 32.2. The number of ketones is 1. The minimum atomic E-state index is -3.86. The van der Waals surface area contributed by atoms with Gasteiger partial charge in [-0.25, -0.2) is 8.42 Å². The van der Waals surface area contributed by atoms with Crippen LogP contribution in [0.15, 0.2) is 29.2 Å². The maximum atomic E-state index is 12.4. The van der Waals surface area contributed by atoms with E-state index in [4.69, 9.17) is 4.74 Å². The maximum absolute atomic E-state index is 12.4. The summed E-state index contributed by atoms with van der Waals surface area (Å²) in [6.45, 7) is 5.22. The van der Waals surface area contributed by atoms with Gasteiger partial charge in [0.25, 0.3) is 0 Å². The first-order chi connectivity index (χ1) is 10.8. The molecular formula is C16H23NO5S. The van der Waals surface area contributed by atoms with Gasteiger partial charge in [0.15, 0.2) is 5.78 Å². The Kier molecular flexibility index (Phi) is 7.38. The number of hydrogen-bond donors (Lipinski definition) is 1. The van der Waals surface area contributed by atoms with E-state index in [0.717, 1.165) is 6.42 Å². The molecule has 0 spiro atoms. The lowest BCUT2D eigenvalue weighted by molar-refractivity contribution is -0.145. The maximum Gasteiger partial charge on any atom is 0.324 e. The summed E-state index contributed by atoms with van der Waals surface area (Å²) in [5, 5.41) is 0. The van der Waals surface area contributed by atoms with E-state index in [-0.39, 0.29) is 17.3 Å². The number of unbranched alkanes of at least 4 members (excludes halogenated alkanes) is 1. The van der Waals surface area contributed by atoms with Crippen molar-refractivity contribution in [3.05, 3.63) is 29.8 Å². The Labute approximate surface area is 137 Å². The zero-order valence-corrected chi connectivity index (χ0v) is 14.5. The summed E-state index contributed by atoms with van der Waals surface area (Å²) in [6.07, 6.45) is 1.92. The number of esters is 1. The SMILES string of the molecule is CCCCC(NS(=O)(=O)c1ccc(C(C)=O)cc1)C(=O)OCC. The fourth-order valence-corrected chi connectivity index (χ4v) is 3.22. The van der Waals surface area contributed by atoms with Gasteiger partial charge < -0.3 is 4.74 Å². The summed E-state index contributed by atoms with van der Waals surface area (Å²) < 4.78 is 32.1. The first kappa shape index (κ1) is 19.3. The molecule has 1 rings (SSSR count). The molecule has 0 saturated carbocycles. The Bertz CT molecular complexity index is 637. The predicted octanol–water partition coefficient (Wildman–Crippen LogP) is 2.29. The third-order valence-corrected chi connectivity index (χ3v) is 4.77. The molecule has 0 aliphatic carbocycles. The zero-order valence-electron chi connectivity index (χ0n) is 13.7. The van der Waals surface area contributed by atoms with Crippen LogP contribution >= 0.6 is 0 Å². The van der Waals surface area contributed by atoms with Crippen LogP contribution in [0.3, 0.4) is 0 Å². The summed E-state index contributed by atoms with van der Waals surface area (Å²) in [5.74, 6) is -0.723. The molecule has 0 heterocycles. The summed E-state index contributed by atoms with van der Waals surface area (Å²) in [4.78, 5) is 23.2. The van der Waals surface area contributed by atoms with Crippen LogP contribution in [0, 0.1) is 0 Å². The zero-order chi connectivity index (χ0) is 17.5. The second kappa shape index (κ2) is 8.79. The molecule has 23 heavy (non-hydrogen) atoms. The lowest BCUT2D eigenvalue weighted by Gasteiger charge is -2.17. The average molecular weight is 341 g/mol. The molecule has 1 aromatic rings. The summed E-state index contributed by atoms with van der Waals surface area (Å²) in [5.41, 5.74) is 0.428. The first-order valence-corrected chi connectivity index (χ1v) is 9.10. The van der Waals surface area contributed by atoms with Gasteiger partial charge in [-0.2, -0.15) is 4.72 Å². The number of carbonyl (C=O) groups is 2. The van der Waals surface area contributed by atoms with Crippen molar-refractivity contribution >= 4 is 21.8 Å². The van der Waals surface area contributed by atoms with E-state index < -0.39 is 22.0 Å². The van der Waals surface area contributed by atoms with E-state index in [2.05, 4.69) is 4.72 Å². The van der Waals surface area contributed by atoms with Crippen molar-refractivity contribution in [2.75, 3.05) is 6.61 Å². The molecule has 1 aromatic carbocycles. The van der Waals surface area contributed by atoms with E-state index in [0.29, 0.717) is 18.4 Å². The normalized spacial score (nSPS) is 12.7. The topological polar surface area (TPSA) is 89.5 Å². The molecule has 1 atom stereocenters. The largest absolute Gasteiger partial charge is 0.465 e. The quantitative estimate of drug-likeness (QED) is 0.550. The molecule has 0 radical (unpaired) electrons. The monoisotopic (exact) mass is 341 g/mol. The molecule has 0 fully saturated rings. The fourth-order valence-electron chi connectivity index (χ4n) is 2.00. The van der Waals surface area contributed by atoms with Gasteiger partial charge in [-0.1, -0.05) is 31.9 Å². The Morgan fingerprint density at radius 2 is 1.78 bits per heavy atom. The third-order valence-electron chi connectivity index (χ3n) is 3.29. The number of Topliss-reactive ketones (excluding diaryl/α,β-unsaturated/α-hetero) is 1. The Balaban J connectivity index is 2.95. The van der Waals surface area contributed by atoms with Crippen LogP contribution in [0.1, 0.15) is 50.4 Å². The van der Waals surface area contributed by atoms with Gasteiger partial charge in [-0.15, -0.1) is 0 Å². The fraction of sp³-hybridized carbons (Fsp3) is 0.500. The highest BCUT2D eigenvalue weighted by Gasteiger charge is 2.26. The van der Waals surface area contributed by atoms with Crippen molar-refractivity contribution in [3.8, 4) is 0 Å². The molecule has 1 N–H and O–H groups in total. The van der Waals surface area contributed by atoms with Crippen molar-refractivity contribution in [1.29, 1.82) is 0 Å². The molecule has 6 nitrogen and oxygen atoms in total. The van der Waals surface area contributed by atoms with Crippen LogP contribution in [0.4, 0.5) is 0 Å². The number of hydrogen-bond acceptors (Lipinski definition) is 5. The average Bonchev–Trinajstić information content (AvgIpc) is 2.51. The molecule has 0 amide bonds. The standard InChI is InChI=1S/C16H23NO5S/c1-4-6-7-15(16(19)22-5-2)17-23(20,21)14-10-8-13(9-11-14)12(3)18/h8-11,15,17H,4-7H2,1-3H3. The first-order valence-electron chi connectivity index (χ1n) is 7.61. The second-order valence-corrected chi connectivity index (χ2v) is 6.86. The van der Waals surface area contributed by atoms with Crippen LogP contribution < -0.4 is 4.72 Å². The van der Waals surface area contributed by atoms with Crippen molar-refractivity contribution in [2.24, 2.45) is 0 Å². The van der Waals surface area contributed by atoms with Crippen molar-refractivity contribution < 1.29 is 22.7 Å². The van der Waals surface area contributed by atoms with Crippen LogP contribution in [0.25, 0.3) is 0 Å². The Hall–Kier alpha value is -1.73. The molecule has 0 saturated heterocycles. The molecule has 0 aliphatic heterocycles. The number of nitrogens with one attached hydrogen (secondary N) is 1. The number of carbonyl (C=O) groups excluding carboxylic acids is 2. The molecule has 128 valence electrons.